The van der Waals surface area contributed by atoms with Gasteiger partial charge in [-0.05, 0) is 12.0 Å². The van der Waals surface area contributed by atoms with E-state index in [1.165, 1.54) is 108 Å². The Morgan fingerprint density at radius 2 is 1.07 bits per heavy atom. The van der Waals surface area contributed by atoms with Crippen molar-refractivity contribution in [3.8, 4) is 0 Å². The maximum Gasteiger partial charge on any atom is 0.100 e. The molecule has 29 heavy (non-hydrogen) atoms. The van der Waals surface area contributed by atoms with Gasteiger partial charge in [-0.2, -0.15) is 0 Å². The summed E-state index contributed by atoms with van der Waals surface area (Å²) in [6.45, 7) is 7.04. The van der Waals surface area contributed by atoms with Crippen molar-refractivity contribution in [1.29, 1.82) is 0 Å². The van der Waals surface area contributed by atoms with Crippen LogP contribution in [0.2, 0.25) is 0 Å². The lowest BCUT2D eigenvalue weighted by molar-refractivity contribution is 0.0821. The van der Waals surface area contributed by atoms with Gasteiger partial charge in [-0.15, -0.1) is 6.58 Å². The van der Waals surface area contributed by atoms with Crippen LogP contribution < -0.4 is 0 Å². The standard InChI is InChI=1S/C28H48O/c1-3-5-6-7-8-9-10-11-12-13-14-15-16-17-18-19-23-26-29-28(4-2)27-24-21-20-22-25-27/h4,20-22,24-25,28H,2-3,5-19,23,26H2,1H3. The molecule has 0 spiro atoms. The van der Waals surface area contributed by atoms with E-state index in [2.05, 4.69) is 37.8 Å². The Labute approximate surface area is 182 Å². The summed E-state index contributed by atoms with van der Waals surface area (Å²) in [5, 5.41) is 0. The molecule has 1 nitrogen and oxygen atoms in total. The minimum Gasteiger partial charge on any atom is -0.369 e. The van der Waals surface area contributed by atoms with E-state index in [-0.39, 0.29) is 6.10 Å². The van der Waals surface area contributed by atoms with Crippen LogP contribution in [0.3, 0.4) is 0 Å². The van der Waals surface area contributed by atoms with Crippen molar-refractivity contribution in [2.45, 2.75) is 122 Å². The van der Waals surface area contributed by atoms with E-state index >= 15 is 0 Å². The summed E-state index contributed by atoms with van der Waals surface area (Å²) in [5.74, 6) is 0. The minimum atomic E-state index is 0.0391. The maximum absolute atomic E-state index is 5.98. The summed E-state index contributed by atoms with van der Waals surface area (Å²) < 4.78 is 5.98. The highest BCUT2D eigenvalue weighted by Crippen LogP contribution is 2.19. The third-order valence-corrected chi connectivity index (χ3v) is 5.89. The molecule has 1 aromatic carbocycles. The molecule has 0 saturated heterocycles. The molecule has 0 aliphatic carbocycles. The average Bonchev–Trinajstić information content (AvgIpc) is 2.76. The molecule has 0 aliphatic rings. The molecule has 1 rings (SSSR count). The van der Waals surface area contributed by atoms with Gasteiger partial charge in [0.2, 0.25) is 0 Å². The molecule has 1 atom stereocenters. The molecule has 0 bridgehead atoms. The third-order valence-electron chi connectivity index (χ3n) is 5.89. The first-order valence-electron chi connectivity index (χ1n) is 12.7. The number of benzene rings is 1. The van der Waals surface area contributed by atoms with Crippen molar-refractivity contribution < 1.29 is 4.74 Å². The molecule has 0 radical (unpaired) electrons. The highest BCUT2D eigenvalue weighted by molar-refractivity contribution is 5.20. The van der Waals surface area contributed by atoms with Crippen LogP contribution in [0, 0.1) is 0 Å². The fourth-order valence-electron chi connectivity index (χ4n) is 3.98. The van der Waals surface area contributed by atoms with Gasteiger partial charge in [0.1, 0.15) is 6.10 Å². The van der Waals surface area contributed by atoms with Crippen molar-refractivity contribution >= 4 is 0 Å². The van der Waals surface area contributed by atoms with Gasteiger partial charge in [-0.25, -0.2) is 0 Å². The maximum atomic E-state index is 5.98. The van der Waals surface area contributed by atoms with Crippen LogP contribution in [-0.4, -0.2) is 6.61 Å². The van der Waals surface area contributed by atoms with Crippen molar-refractivity contribution in [2.75, 3.05) is 6.61 Å². The van der Waals surface area contributed by atoms with E-state index in [4.69, 9.17) is 4.74 Å². The van der Waals surface area contributed by atoms with Crippen molar-refractivity contribution in [3.05, 3.63) is 48.6 Å². The zero-order valence-corrected chi connectivity index (χ0v) is 19.4. The predicted molar refractivity (Wildman–Crippen MR) is 129 cm³/mol. The normalized spacial score (nSPS) is 12.2. The Morgan fingerprint density at radius 3 is 1.48 bits per heavy atom. The Balaban J connectivity index is 1.78. The summed E-state index contributed by atoms with van der Waals surface area (Å²) >= 11 is 0. The van der Waals surface area contributed by atoms with Crippen LogP contribution in [0.15, 0.2) is 43.0 Å². The summed E-state index contributed by atoms with van der Waals surface area (Å²) in [6, 6.07) is 10.4. The van der Waals surface area contributed by atoms with E-state index in [9.17, 15) is 0 Å². The lowest BCUT2D eigenvalue weighted by Crippen LogP contribution is -2.02. The molecule has 0 aromatic heterocycles. The van der Waals surface area contributed by atoms with Gasteiger partial charge in [0.25, 0.3) is 0 Å². The minimum absolute atomic E-state index is 0.0391. The van der Waals surface area contributed by atoms with E-state index in [0.29, 0.717) is 0 Å². The number of unbranched alkanes of at least 4 members (excludes halogenated alkanes) is 16. The van der Waals surface area contributed by atoms with Crippen molar-refractivity contribution in [1.82, 2.24) is 0 Å². The number of rotatable bonds is 21. The van der Waals surface area contributed by atoms with Gasteiger partial charge < -0.3 is 4.74 Å². The molecular weight excluding hydrogens is 352 g/mol. The second-order valence-corrected chi connectivity index (χ2v) is 8.59. The van der Waals surface area contributed by atoms with Crippen LogP contribution in [-0.2, 0) is 4.74 Å². The second kappa shape index (κ2) is 20.2. The largest absolute Gasteiger partial charge is 0.369 e. The SMILES string of the molecule is C=CC(OCCCCCCCCCCCCCCCCCCC)c1ccccc1. The van der Waals surface area contributed by atoms with Crippen LogP contribution >= 0.6 is 0 Å². The Bertz CT molecular complexity index is 453. The summed E-state index contributed by atoms with van der Waals surface area (Å²) in [7, 11) is 0. The Morgan fingerprint density at radius 1 is 0.655 bits per heavy atom. The zero-order valence-electron chi connectivity index (χ0n) is 19.4. The molecule has 1 aromatic rings. The van der Waals surface area contributed by atoms with E-state index in [1.54, 1.807) is 0 Å². The molecule has 0 amide bonds. The van der Waals surface area contributed by atoms with Crippen LogP contribution in [0.5, 0.6) is 0 Å². The smallest absolute Gasteiger partial charge is 0.100 e. The van der Waals surface area contributed by atoms with Crippen LogP contribution in [0.25, 0.3) is 0 Å². The molecule has 0 saturated carbocycles. The quantitative estimate of drug-likeness (QED) is 0.147. The van der Waals surface area contributed by atoms with Gasteiger partial charge in [0.15, 0.2) is 0 Å². The van der Waals surface area contributed by atoms with Crippen molar-refractivity contribution in [3.63, 3.8) is 0 Å². The molecule has 1 unspecified atom stereocenters. The van der Waals surface area contributed by atoms with Gasteiger partial charge in [0.05, 0.1) is 0 Å². The Kier molecular flexibility index (Phi) is 18.1. The summed E-state index contributed by atoms with van der Waals surface area (Å²) in [4.78, 5) is 0. The number of ether oxygens (including phenoxy) is 1. The van der Waals surface area contributed by atoms with E-state index in [1.807, 2.05) is 12.1 Å². The topological polar surface area (TPSA) is 9.23 Å². The van der Waals surface area contributed by atoms with Crippen LogP contribution in [0.4, 0.5) is 0 Å². The van der Waals surface area contributed by atoms with Gasteiger partial charge in [-0.1, -0.05) is 146 Å². The zero-order chi connectivity index (χ0) is 20.8. The first-order chi connectivity index (χ1) is 14.4. The molecule has 0 heterocycles. The number of hydrogen-bond acceptors (Lipinski definition) is 1. The Hall–Kier alpha value is -1.08. The molecule has 0 fully saturated rings. The van der Waals surface area contributed by atoms with E-state index in [0.717, 1.165) is 13.0 Å². The van der Waals surface area contributed by atoms with Gasteiger partial charge >= 0.3 is 0 Å². The summed E-state index contributed by atoms with van der Waals surface area (Å²) in [6.07, 6.45) is 25.9. The number of hydrogen-bond donors (Lipinski definition) is 0. The van der Waals surface area contributed by atoms with Crippen LogP contribution in [0.1, 0.15) is 128 Å². The monoisotopic (exact) mass is 400 g/mol. The molecule has 0 aliphatic heterocycles. The molecule has 166 valence electrons. The second-order valence-electron chi connectivity index (χ2n) is 8.59. The summed E-state index contributed by atoms with van der Waals surface area (Å²) in [5.41, 5.74) is 1.20. The third kappa shape index (κ3) is 15.4. The highest BCUT2D eigenvalue weighted by Gasteiger charge is 2.06. The lowest BCUT2D eigenvalue weighted by atomic mass is 10.0. The van der Waals surface area contributed by atoms with E-state index < -0.39 is 0 Å². The molecule has 0 N–H and O–H groups in total. The molecule has 1 heteroatoms. The first-order valence-corrected chi connectivity index (χ1v) is 12.7. The predicted octanol–water partition coefficient (Wildman–Crippen LogP) is 9.58. The average molecular weight is 401 g/mol. The van der Waals surface area contributed by atoms with Gasteiger partial charge in [-0.3, -0.25) is 0 Å². The molecular formula is C28H48O. The fourth-order valence-corrected chi connectivity index (χ4v) is 3.98. The van der Waals surface area contributed by atoms with Gasteiger partial charge in [0, 0.05) is 6.61 Å². The fraction of sp³-hybridized carbons (Fsp3) is 0.714. The first kappa shape index (κ1) is 26.0. The van der Waals surface area contributed by atoms with Crippen molar-refractivity contribution in [2.24, 2.45) is 0 Å². The lowest BCUT2D eigenvalue weighted by Gasteiger charge is -2.14. The highest BCUT2D eigenvalue weighted by atomic mass is 16.5.